The lowest BCUT2D eigenvalue weighted by Crippen LogP contribution is -2.21. The van der Waals surface area contributed by atoms with Crippen LogP contribution in [0.4, 0.5) is 15.8 Å². The Labute approximate surface area is 166 Å². The molecule has 27 heavy (non-hydrogen) atoms. The zero-order chi connectivity index (χ0) is 19.7. The van der Waals surface area contributed by atoms with Gasteiger partial charge in [-0.2, -0.15) is 0 Å². The van der Waals surface area contributed by atoms with E-state index in [4.69, 9.17) is 11.6 Å². The lowest BCUT2D eigenvalue weighted by molar-refractivity contribution is 0.0703. The van der Waals surface area contributed by atoms with E-state index >= 15 is 0 Å². The highest BCUT2D eigenvalue weighted by atomic mass is 35.5. The maximum absolute atomic E-state index is 13.4. The Kier molecular flexibility index (Phi) is 5.61. The van der Waals surface area contributed by atoms with Gasteiger partial charge in [0.05, 0.1) is 27.7 Å². The van der Waals surface area contributed by atoms with Crippen molar-refractivity contribution in [3.8, 4) is 10.4 Å². The molecular weight excluding hydrogens is 413 g/mol. The van der Waals surface area contributed by atoms with Gasteiger partial charge in [-0.1, -0.05) is 35.9 Å². The number of para-hydroxylation sites is 1. The molecule has 0 amide bonds. The molecule has 9 heteroatoms. The number of rotatable bonds is 5. The van der Waals surface area contributed by atoms with Crippen LogP contribution < -0.4 is 4.31 Å². The number of halogens is 2. The third-order valence-corrected chi connectivity index (χ3v) is 5.96. The molecule has 0 aliphatic carbocycles. The van der Waals surface area contributed by atoms with Crippen LogP contribution in [0.1, 0.15) is 15.2 Å². The summed E-state index contributed by atoms with van der Waals surface area (Å²) in [4.78, 5) is 12.0. The van der Waals surface area contributed by atoms with Gasteiger partial charge >= 0.3 is 5.97 Å². The van der Waals surface area contributed by atoms with E-state index in [-0.39, 0.29) is 15.6 Å². The molecule has 1 N–H and O–H groups in total. The summed E-state index contributed by atoms with van der Waals surface area (Å²) < 4.78 is 38.2. The Morgan fingerprint density at radius 3 is 2.52 bits per heavy atom. The van der Waals surface area contributed by atoms with E-state index in [0.29, 0.717) is 21.7 Å². The summed E-state index contributed by atoms with van der Waals surface area (Å²) >= 11 is 3.94. The molecule has 0 radical (unpaired) electrons. The molecular formula is C18H12ClFNO4S2-. The van der Waals surface area contributed by atoms with Gasteiger partial charge in [0.1, 0.15) is 10.7 Å². The fourth-order valence-electron chi connectivity index (χ4n) is 2.56. The zero-order valence-corrected chi connectivity index (χ0v) is 16.2. The Balaban J connectivity index is 2.20. The number of carbonyl (C=O) groups is 1. The first-order valence-electron chi connectivity index (χ1n) is 7.57. The molecule has 140 valence electrons. The largest absolute Gasteiger partial charge is 0.755 e. The van der Waals surface area contributed by atoms with Gasteiger partial charge in [0.25, 0.3) is 0 Å². The van der Waals surface area contributed by atoms with E-state index in [9.17, 15) is 23.1 Å². The number of carboxylic acids is 1. The first-order valence-corrected chi connectivity index (χ1v) is 9.80. The van der Waals surface area contributed by atoms with Gasteiger partial charge in [0.2, 0.25) is 0 Å². The maximum atomic E-state index is 13.4. The molecule has 1 aromatic heterocycles. The molecule has 1 heterocycles. The topological polar surface area (TPSA) is 80.7 Å². The number of benzene rings is 2. The van der Waals surface area contributed by atoms with Crippen LogP contribution in [-0.4, -0.2) is 19.8 Å². The average Bonchev–Trinajstić information content (AvgIpc) is 3.04. The lowest BCUT2D eigenvalue weighted by atomic mass is 10.1. The van der Waals surface area contributed by atoms with Gasteiger partial charge in [-0.15, -0.1) is 11.3 Å². The second kappa shape index (κ2) is 7.77. The predicted molar refractivity (Wildman–Crippen MR) is 104 cm³/mol. The third kappa shape index (κ3) is 3.89. The number of hydrogen-bond donors (Lipinski definition) is 1. The molecule has 1 atom stereocenters. The number of aromatic carboxylic acids is 1. The van der Waals surface area contributed by atoms with Crippen LogP contribution in [0.3, 0.4) is 0 Å². The Morgan fingerprint density at radius 2 is 1.93 bits per heavy atom. The fourth-order valence-corrected chi connectivity index (χ4v) is 4.44. The van der Waals surface area contributed by atoms with E-state index < -0.39 is 23.1 Å². The van der Waals surface area contributed by atoms with Crippen LogP contribution in [0.2, 0.25) is 5.02 Å². The minimum atomic E-state index is -2.75. The van der Waals surface area contributed by atoms with Crippen molar-refractivity contribution in [3.63, 3.8) is 0 Å². The molecule has 3 rings (SSSR count). The SMILES string of the molecule is Cc1ccccc1N(c1cc(-c2ccc(F)c(Cl)c2)sc1C(=O)O)S(=O)[O-]. The summed E-state index contributed by atoms with van der Waals surface area (Å²) in [7, 11) is 0. The van der Waals surface area contributed by atoms with E-state index in [1.807, 2.05) is 0 Å². The molecule has 0 saturated heterocycles. The molecule has 0 fully saturated rings. The Bertz CT molecular complexity index is 1050. The van der Waals surface area contributed by atoms with Crippen molar-refractivity contribution in [1.29, 1.82) is 0 Å². The van der Waals surface area contributed by atoms with E-state index in [1.54, 1.807) is 31.2 Å². The molecule has 2 aromatic carbocycles. The summed E-state index contributed by atoms with van der Waals surface area (Å²) in [6.45, 7) is 1.72. The number of aryl methyl sites for hydroxylation is 1. The highest BCUT2D eigenvalue weighted by molar-refractivity contribution is 7.81. The fraction of sp³-hybridized carbons (Fsp3) is 0.0556. The second-order valence-electron chi connectivity index (χ2n) is 5.56. The maximum Gasteiger partial charge on any atom is 0.348 e. The molecule has 0 saturated carbocycles. The standard InChI is InChI=1S/C18H13ClFNO4S2/c1-10-4-2-3-5-14(10)21(27(24)25)15-9-16(26-17(15)18(22)23)11-6-7-13(20)12(19)8-11/h2-9H,1H3,(H,22,23)(H,24,25)/p-1. The third-order valence-electron chi connectivity index (χ3n) is 3.81. The van der Waals surface area contributed by atoms with E-state index in [1.165, 1.54) is 24.3 Å². The van der Waals surface area contributed by atoms with Crippen molar-refractivity contribution < 1.29 is 23.1 Å². The van der Waals surface area contributed by atoms with Crippen LogP contribution in [0.25, 0.3) is 10.4 Å². The van der Waals surface area contributed by atoms with E-state index in [0.717, 1.165) is 15.6 Å². The highest BCUT2D eigenvalue weighted by Crippen LogP contribution is 2.41. The number of nitrogens with zero attached hydrogens (tertiary/aromatic N) is 1. The van der Waals surface area contributed by atoms with Gasteiger partial charge in [0.15, 0.2) is 0 Å². The molecule has 0 aliphatic rings. The first-order chi connectivity index (χ1) is 12.8. The molecule has 0 aliphatic heterocycles. The summed E-state index contributed by atoms with van der Waals surface area (Å²) in [5.41, 5.74) is 1.50. The number of carboxylic acid groups (broad SMARTS) is 1. The lowest BCUT2D eigenvalue weighted by Gasteiger charge is -2.27. The summed E-state index contributed by atoms with van der Waals surface area (Å²) in [5, 5.41) is 9.46. The Hall–Kier alpha value is -2.26. The van der Waals surface area contributed by atoms with Crippen LogP contribution in [0.15, 0.2) is 48.5 Å². The first kappa shape index (κ1) is 19.5. The average molecular weight is 425 g/mol. The van der Waals surface area contributed by atoms with Crippen LogP contribution >= 0.6 is 22.9 Å². The van der Waals surface area contributed by atoms with Crippen molar-refractivity contribution in [2.45, 2.75) is 6.92 Å². The number of hydrogen-bond acceptors (Lipinski definition) is 4. The molecule has 0 spiro atoms. The summed E-state index contributed by atoms with van der Waals surface area (Å²) in [6, 6.07) is 12.2. The van der Waals surface area contributed by atoms with Crippen molar-refractivity contribution in [1.82, 2.24) is 0 Å². The van der Waals surface area contributed by atoms with Crippen LogP contribution in [0.5, 0.6) is 0 Å². The minimum Gasteiger partial charge on any atom is -0.755 e. The summed E-state index contributed by atoms with van der Waals surface area (Å²) in [6.07, 6.45) is 0. The van der Waals surface area contributed by atoms with Crippen molar-refractivity contribution in [3.05, 3.63) is 69.8 Å². The van der Waals surface area contributed by atoms with Crippen molar-refractivity contribution in [2.24, 2.45) is 0 Å². The van der Waals surface area contributed by atoms with Gasteiger partial charge in [-0.25, -0.2) is 9.18 Å². The smallest absolute Gasteiger partial charge is 0.348 e. The second-order valence-corrected chi connectivity index (χ2v) is 7.82. The number of anilines is 2. The quantitative estimate of drug-likeness (QED) is 0.574. The molecule has 0 bridgehead atoms. The molecule has 5 nitrogen and oxygen atoms in total. The summed E-state index contributed by atoms with van der Waals surface area (Å²) in [5.74, 6) is -1.86. The normalized spacial score (nSPS) is 12.0. The van der Waals surface area contributed by atoms with Gasteiger partial charge < -0.3 is 9.66 Å². The zero-order valence-electron chi connectivity index (χ0n) is 13.8. The van der Waals surface area contributed by atoms with Gasteiger partial charge in [0, 0.05) is 4.88 Å². The molecule has 3 aromatic rings. The van der Waals surface area contributed by atoms with Crippen LogP contribution in [0, 0.1) is 12.7 Å². The van der Waals surface area contributed by atoms with E-state index in [2.05, 4.69) is 0 Å². The van der Waals surface area contributed by atoms with Crippen LogP contribution in [-0.2, 0) is 11.3 Å². The van der Waals surface area contributed by atoms with Crippen molar-refractivity contribution in [2.75, 3.05) is 4.31 Å². The number of thiophene rings is 1. The highest BCUT2D eigenvalue weighted by Gasteiger charge is 2.24. The minimum absolute atomic E-state index is 0.00517. The molecule has 1 unspecified atom stereocenters. The van der Waals surface area contributed by atoms with Gasteiger partial charge in [-0.3, -0.25) is 8.51 Å². The predicted octanol–water partition coefficient (Wildman–Crippen LogP) is 5.15. The monoisotopic (exact) mass is 424 g/mol. The Morgan fingerprint density at radius 1 is 1.22 bits per heavy atom. The van der Waals surface area contributed by atoms with Crippen molar-refractivity contribution >= 4 is 51.5 Å². The van der Waals surface area contributed by atoms with Gasteiger partial charge in [-0.05, 0) is 42.3 Å².